The molecular weight excluding hydrogens is 288 g/mol. The van der Waals surface area contributed by atoms with E-state index in [1.807, 2.05) is 24.3 Å². The number of nitrogens with one attached hydrogen (secondary N) is 1. The lowest BCUT2D eigenvalue weighted by Gasteiger charge is -2.31. The zero-order valence-corrected chi connectivity index (χ0v) is 13.0. The van der Waals surface area contributed by atoms with Gasteiger partial charge >= 0.3 is 0 Å². The summed E-state index contributed by atoms with van der Waals surface area (Å²) in [6.07, 6.45) is 3.10. The van der Waals surface area contributed by atoms with Crippen molar-refractivity contribution in [3.8, 4) is 0 Å². The first kappa shape index (κ1) is 16.3. The number of rotatable bonds is 6. The molecule has 0 aliphatic carbocycles. The molecule has 1 aliphatic heterocycles. The van der Waals surface area contributed by atoms with E-state index in [9.17, 15) is 4.79 Å². The first-order valence-corrected chi connectivity index (χ1v) is 7.89. The van der Waals surface area contributed by atoms with Crippen molar-refractivity contribution in [3.63, 3.8) is 0 Å². The van der Waals surface area contributed by atoms with Gasteiger partial charge in [-0.25, -0.2) is 0 Å². The van der Waals surface area contributed by atoms with Crippen LogP contribution in [0.3, 0.4) is 0 Å². The van der Waals surface area contributed by atoms with Crippen molar-refractivity contribution in [1.82, 2.24) is 10.2 Å². The second kappa shape index (κ2) is 8.37. The van der Waals surface area contributed by atoms with Crippen LogP contribution < -0.4 is 5.32 Å². The van der Waals surface area contributed by atoms with Gasteiger partial charge in [-0.15, -0.1) is 0 Å². The highest BCUT2D eigenvalue weighted by atomic mass is 35.5. The molecule has 5 heteroatoms. The number of hydrogen-bond acceptors (Lipinski definition) is 3. The molecule has 1 saturated heterocycles. The number of likely N-dealkylation sites (tertiary alicyclic amines) is 1. The summed E-state index contributed by atoms with van der Waals surface area (Å²) >= 11 is 5.83. The molecule has 1 amide bonds. The molecule has 1 aromatic rings. The van der Waals surface area contributed by atoms with Crippen LogP contribution in [0.5, 0.6) is 0 Å². The number of hydrogen-bond donors (Lipinski definition) is 2. The average Bonchev–Trinajstić information content (AvgIpc) is 2.47. The van der Waals surface area contributed by atoms with Gasteiger partial charge in [0.05, 0.1) is 6.54 Å². The number of piperidine rings is 1. The molecule has 0 radical (unpaired) electrons. The molecule has 0 bridgehead atoms. The maximum Gasteiger partial charge on any atom is 0.234 e. The summed E-state index contributed by atoms with van der Waals surface area (Å²) in [4.78, 5) is 14.2. The van der Waals surface area contributed by atoms with Crippen LogP contribution in [-0.2, 0) is 11.3 Å². The Morgan fingerprint density at radius 1 is 1.38 bits per heavy atom. The molecule has 1 unspecified atom stereocenters. The Morgan fingerprint density at radius 2 is 2.14 bits per heavy atom. The maximum atomic E-state index is 12.0. The summed E-state index contributed by atoms with van der Waals surface area (Å²) < 4.78 is 0. The number of halogens is 1. The largest absolute Gasteiger partial charge is 0.396 e. The fourth-order valence-corrected chi connectivity index (χ4v) is 2.90. The first-order chi connectivity index (χ1) is 10.2. The van der Waals surface area contributed by atoms with Crippen molar-refractivity contribution < 1.29 is 9.90 Å². The number of aliphatic hydroxyl groups is 1. The second-order valence-electron chi connectivity index (χ2n) is 5.66. The van der Waals surface area contributed by atoms with Crippen LogP contribution >= 0.6 is 11.6 Å². The van der Waals surface area contributed by atoms with Crippen molar-refractivity contribution in [1.29, 1.82) is 0 Å². The van der Waals surface area contributed by atoms with Crippen molar-refractivity contribution in [2.75, 3.05) is 26.2 Å². The zero-order chi connectivity index (χ0) is 15.1. The fourth-order valence-electron chi connectivity index (χ4n) is 2.77. The average molecular weight is 311 g/mol. The van der Waals surface area contributed by atoms with Gasteiger partial charge in [0, 0.05) is 24.7 Å². The molecule has 2 rings (SSSR count). The minimum atomic E-state index is 0.0506. The molecule has 116 valence electrons. The minimum absolute atomic E-state index is 0.0506. The number of carbonyl (C=O) groups is 1. The topological polar surface area (TPSA) is 52.6 Å². The summed E-state index contributed by atoms with van der Waals surface area (Å²) in [6, 6.07) is 7.49. The van der Waals surface area contributed by atoms with Crippen LogP contribution in [0.2, 0.25) is 5.02 Å². The van der Waals surface area contributed by atoms with Crippen LogP contribution in [0.25, 0.3) is 0 Å². The van der Waals surface area contributed by atoms with Crippen LogP contribution in [0.4, 0.5) is 0 Å². The Bertz CT molecular complexity index is 448. The van der Waals surface area contributed by atoms with E-state index in [-0.39, 0.29) is 12.5 Å². The fraction of sp³-hybridized carbons (Fsp3) is 0.562. The maximum absolute atomic E-state index is 12.0. The predicted molar refractivity (Wildman–Crippen MR) is 84.2 cm³/mol. The highest BCUT2D eigenvalue weighted by molar-refractivity contribution is 6.30. The Labute approximate surface area is 131 Å². The molecule has 1 aromatic carbocycles. The van der Waals surface area contributed by atoms with Gasteiger partial charge in [0.15, 0.2) is 0 Å². The van der Waals surface area contributed by atoms with Gasteiger partial charge < -0.3 is 10.4 Å². The van der Waals surface area contributed by atoms with Crippen molar-refractivity contribution in [2.45, 2.75) is 25.8 Å². The van der Waals surface area contributed by atoms with Gasteiger partial charge in [-0.05, 0) is 49.4 Å². The molecular formula is C16H23ClN2O2. The van der Waals surface area contributed by atoms with Crippen LogP contribution in [-0.4, -0.2) is 42.2 Å². The molecule has 21 heavy (non-hydrogen) atoms. The molecule has 1 atom stereocenters. The standard InChI is InChI=1S/C16H23ClN2O2/c17-15-5-3-13(4-6-15)10-18-16(21)12-19-8-1-2-14(11-19)7-9-20/h3-6,14,20H,1-2,7-12H2,(H,18,21). The van der Waals surface area contributed by atoms with E-state index in [2.05, 4.69) is 10.2 Å². The molecule has 1 heterocycles. The quantitative estimate of drug-likeness (QED) is 0.845. The number of carbonyl (C=O) groups excluding carboxylic acids is 1. The zero-order valence-electron chi connectivity index (χ0n) is 12.2. The molecule has 0 spiro atoms. The van der Waals surface area contributed by atoms with E-state index in [0.717, 1.165) is 37.9 Å². The molecule has 0 aromatic heterocycles. The van der Waals surface area contributed by atoms with Gasteiger partial charge in [-0.1, -0.05) is 23.7 Å². The van der Waals surface area contributed by atoms with Crippen molar-refractivity contribution in [2.24, 2.45) is 5.92 Å². The van der Waals surface area contributed by atoms with E-state index in [0.29, 0.717) is 24.0 Å². The van der Waals surface area contributed by atoms with Crippen molar-refractivity contribution >= 4 is 17.5 Å². The summed E-state index contributed by atoms with van der Waals surface area (Å²) in [7, 11) is 0. The number of aliphatic hydroxyl groups excluding tert-OH is 1. The van der Waals surface area contributed by atoms with E-state index in [1.165, 1.54) is 0 Å². The highest BCUT2D eigenvalue weighted by Gasteiger charge is 2.20. The Balaban J connectivity index is 1.72. The molecule has 1 aliphatic rings. The van der Waals surface area contributed by atoms with Gasteiger partial charge in [-0.3, -0.25) is 9.69 Å². The van der Waals surface area contributed by atoms with E-state index in [1.54, 1.807) is 0 Å². The molecule has 2 N–H and O–H groups in total. The number of amides is 1. The van der Waals surface area contributed by atoms with Crippen LogP contribution in [0.1, 0.15) is 24.8 Å². The SMILES string of the molecule is O=C(CN1CCCC(CCO)C1)NCc1ccc(Cl)cc1. The Morgan fingerprint density at radius 3 is 2.86 bits per heavy atom. The minimum Gasteiger partial charge on any atom is -0.396 e. The second-order valence-corrected chi connectivity index (χ2v) is 6.10. The third-order valence-electron chi connectivity index (χ3n) is 3.91. The Kier molecular flexibility index (Phi) is 6.49. The summed E-state index contributed by atoms with van der Waals surface area (Å²) in [5, 5.41) is 12.7. The highest BCUT2D eigenvalue weighted by Crippen LogP contribution is 2.18. The third-order valence-corrected chi connectivity index (χ3v) is 4.16. The first-order valence-electron chi connectivity index (χ1n) is 7.51. The van der Waals surface area contributed by atoms with Gasteiger partial charge in [0.1, 0.15) is 0 Å². The predicted octanol–water partition coefficient (Wildman–Crippen LogP) is 2.05. The summed E-state index contributed by atoms with van der Waals surface area (Å²) in [6.45, 7) is 3.09. The molecule has 4 nitrogen and oxygen atoms in total. The lowest BCUT2D eigenvalue weighted by atomic mass is 9.95. The lowest BCUT2D eigenvalue weighted by molar-refractivity contribution is -0.122. The van der Waals surface area contributed by atoms with Crippen molar-refractivity contribution in [3.05, 3.63) is 34.9 Å². The normalized spacial score (nSPS) is 19.4. The van der Waals surface area contributed by atoms with E-state index >= 15 is 0 Å². The van der Waals surface area contributed by atoms with E-state index < -0.39 is 0 Å². The monoisotopic (exact) mass is 310 g/mol. The number of nitrogens with zero attached hydrogens (tertiary/aromatic N) is 1. The van der Waals surface area contributed by atoms with Gasteiger partial charge in [0.2, 0.25) is 5.91 Å². The molecule has 0 saturated carbocycles. The third kappa shape index (κ3) is 5.65. The van der Waals surface area contributed by atoms with Crippen LogP contribution in [0.15, 0.2) is 24.3 Å². The number of benzene rings is 1. The van der Waals surface area contributed by atoms with Gasteiger partial charge in [-0.2, -0.15) is 0 Å². The van der Waals surface area contributed by atoms with Crippen LogP contribution in [0, 0.1) is 5.92 Å². The lowest BCUT2D eigenvalue weighted by Crippen LogP contribution is -2.42. The van der Waals surface area contributed by atoms with E-state index in [4.69, 9.17) is 16.7 Å². The molecule has 1 fully saturated rings. The van der Waals surface area contributed by atoms with Gasteiger partial charge in [0.25, 0.3) is 0 Å². The summed E-state index contributed by atoms with van der Waals surface area (Å²) in [5.74, 6) is 0.572. The smallest absolute Gasteiger partial charge is 0.234 e. The summed E-state index contributed by atoms with van der Waals surface area (Å²) in [5.41, 5.74) is 1.05. The Hall–Kier alpha value is -1.10.